The van der Waals surface area contributed by atoms with Gasteiger partial charge in [0, 0.05) is 16.3 Å². The first kappa shape index (κ1) is 22.6. The van der Waals surface area contributed by atoms with E-state index in [0.717, 1.165) is 36.3 Å². The molecule has 0 fully saturated rings. The number of nitrogens with zero attached hydrogens (tertiary/aromatic N) is 3. The number of amides is 1. The average molecular weight is 479 g/mol. The number of hydrazone groups is 1. The highest BCUT2D eigenvalue weighted by atomic mass is 35.5. The molecule has 0 bridgehead atoms. The molecule has 0 saturated carbocycles. The van der Waals surface area contributed by atoms with E-state index in [1.54, 1.807) is 18.0 Å². The van der Waals surface area contributed by atoms with Gasteiger partial charge in [-0.05, 0) is 30.7 Å². The highest BCUT2D eigenvalue weighted by molar-refractivity contribution is 8.03. The highest BCUT2D eigenvalue weighted by Gasteiger charge is 2.09. The van der Waals surface area contributed by atoms with E-state index in [0.29, 0.717) is 6.61 Å². The van der Waals surface area contributed by atoms with Gasteiger partial charge >= 0.3 is 0 Å². The lowest BCUT2D eigenvalue weighted by molar-refractivity contribution is -0.118. The fourth-order valence-corrected chi connectivity index (χ4v) is 5.37. The largest absolute Gasteiger partial charge is 0.493 e. The number of para-hydroxylation sites is 1. The van der Waals surface area contributed by atoms with Gasteiger partial charge in [-0.3, -0.25) is 4.79 Å². The molecule has 156 valence electrons. The van der Waals surface area contributed by atoms with E-state index in [-0.39, 0.29) is 11.7 Å². The smallest absolute Gasteiger partial charge is 0.250 e. The lowest BCUT2D eigenvalue weighted by Crippen LogP contribution is -2.19. The minimum atomic E-state index is -0.217. The van der Waals surface area contributed by atoms with Crippen LogP contribution in [0.5, 0.6) is 5.75 Å². The van der Waals surface area contributed by atoms with Gasteiger partial charge in [0.15, 0.2) is 8.68 Å². The van der Waals surface area contributed by atoms with Crippen LogP contribution in [-0.2, 0) is 10.5 Å². The Morgan fingerprint density at radius 3 is 2.70 bits per heavy atom. The monoisotopic (exact) mass is 478 g/mol. The molecule has 10 heteroatoms. The molecule has 0 saturated heterocycles. The van der Waals surface area contributed by atoms with E-state index in [4.69, 9.17) is 16.3 Å². The topological polar surface area (TPSA) is 76.5 Å². The number of rotatable bonds is 10. The predicted octanol–water partition coefficient (Wildman–Crippen LogP) is 5.12. The molecule has 1 aromatic heterocycles. The molecule has 0 aliphatic rings. The van der Waals surface area contributed by atoms with E-state index in [9.17, 15) is 4.79 Å². The summed E-state index contributed by atoms with van der Waals surface area (Å²) < 4.78 is 7.10. The second-order valence-electron chi connectivity index (χ2n) is 5.77. The predicted molar refractivity (Wildman–Crippen MR) is 125 cm³/mol. The minimum Gasteiger partial charge on any atom is -0.493 e. The molecule has 0 atom stereocenters. The minimum absolute atomic E-state index is 0.203. The molecule has 3 rings (SSSR count). The van der Waals surface area contributed by atoms with Gasteiger partial charge in [-0.2, -0.15) is 5.10 Å². The quantitative estimate of drug-likeness (QED) is 0.247. The lowest BCUT2D eigenvalue weighted by atomic mass is 10.2. The summed E-state index contributed by atoms with van der Waals surface area (Å²) >= 11 is 10.5. The van der Waals surface area contributed by atoms with Crippen LogP contribution in [0.3, 0.4) is 0 Å². The second-order valence-corrected chi connectivity index (χ2v) is 9.60. The third kappa shape index (κ3) is 7.02. The van der Waals surface area contributed by atoms with Crippen LogP contribution in [0.1, 0.15) is 18.1 Å². The Bertz CT molecular complexity index is 1010. The summed E-state index contributed by atoms with van der Waals surface area (Å²) in [7, 11) is 0. The molecule has 0 spiro atoms. The Kier molecular flexibility index (Phi) is 9.00. The number of ether oxygens (including phenoxy) is 1. The van der Waals surface area contributed by atoms with Crippen molar-refractivity contribution >= 4 is 58.6 Å². The fraction of sp³-hybridized carbons (Fsp3) is 0.200. The molecule has 0 aliphatic heterocycles. The number of nitrogens with one attached hydrogen (secondary N) is 1. The molecular formula is C20H19ClN4O2S3. The van der Waals surface area contributed by atoms with Crippen LogP contribution in [0, 0.1) is 0 Å². The molecule has 1 N–H and O–H groups in total. The van der Waals surface area contributed by atoms with Crippen LogP contribution in [0.4, 0.5) is 0 Å². The number of hydrogen-bond donors (Lipinski definition) is 1. The Balaban J connectivity index is 1.44. The molecule has 0 radical (unpaired) electrons. The van der Waals surface area contributed by atoms with E-state index < -0.39 is 0 Å². The van der Waals surface area contributed by atoms with Crippen molar-refractivity contribution in [3.8, 4) is 5.75 Å². The molecular weight excluding hydrogens is 460 g/mol. The molecule has 0 aliphatic carbocycles. The van der Waals surface area contributed by atoms with E-state index in [1.165, 1.54) is 23.1 Å². The number of carbonyl (C=O) groups excluding carboxylic acids is 1. The van der Waals surface area contributed by atoms with Gasteiger partial charge in [-0.15, -0.1) is 10.2 Å². The summed E-state index contributed by atoms with van der Waals surface area (Å²) in [5, 5.41) is 13.0. The molecule has 30 heavy (non-hydrogen) atoms. The fourth-order valence-electron chi connectivity index (χ4n) is 2.28. The molecule has 1 amide bonds. The molecule has 1 heterocycles. The number of halogens is 1. The number of thioether (sulfide) groups is 2. The van der Waals surface area contributed by atoms with Gasteiger partial charge in [0.25, 0.3) is 5.91 Å². The van der Waals surface area contributed by atoms with Gasteiger partial charge in [0.1, 0.15) is 5.75 Å². The normalized spacial score (nSPS) is 11.0. The first-order valence-electron chi connectivity index (χ1n) is 9.02. The zero-order valence-corrected chi connectivity index (χ0v) is 19.3. The zero-order valence-electron chi connectivity index (χ0n) is 16.1. The highest BCUT2D eigenvalue weighted by Crippen LogP contribution is 2.32. The molecule has 6 nitrogen and oxygen atoms in total. The van der Waals surface area contributed by atoms with Crippen molar-refractivity contribution in [3.05, 3.63) is 64.7 Å². The summed E-state index contributed by atoms with van der Waals surface area (Å²) in [5.41, 5.74) is 4.38. The average Bonchev–Trinajstić information content (AvgIpc) is 3.21. The van der Waals surface area contributed by atoms with E-state index in [2.05, 4.69) is 20.7 Å². The van der Waals surface area contributed by atoms with Crippen molar-refractivity contribution in [3.63, 3.8) is 0 Å². The van der Waals surface area contributed by atoms with E-state index >= 15 is 0 Å². The summed E-state index contributed by atoms with van der Waals surface area (Å²) in [6.45, 7) is 2.48. The number of aromatic nitrogens is 2. The SMILES string of the molecule is CCOc1ccccc1C=NNC(=O)CSc1nnc(SCc2ccccc2Cl)s1. The van der Waals surface area contributed by atoms with E-state index in [1.807, 2.05) is 55.5 Å². The molecule has 3 aromatic rings. The van der Waals surface area contributed by atoms with Gasteiger partial charge in [-0.25, -0.2) is 5.43 Å². The van der Waals surface area contributed by atoms with Crippen LogP contribution in [0.15, 0.2) is 62.3 Å². The van der Waals surface area contributed by atoms with Crippen molar-refractivity contribution in [2.45, 2.75) is 21.4 Å². The van der Waals surface area contributed by atoms with Crippen LogP contribution in [0.2, 0.25) is 5.02 Å². The van der Waals surface area contributed by atoms with Crippen molar-refractivity contribution < 1.29 is 9.53 Å². The van der Waals surface area contributed by atoms with Crippen molar-refractivity contribution in [1.29, 1.82) is 0 Å². The maximum absolute atomic E-state index is 12.0. The van der Waals surface area contributed by atoms with Crippen LogP contribution in [-0.4, -0.2) is 34.7 Å². The third-order valence-corrected chi connectivity index (χ3v) is 7.24. The number of benzene rings is 2. The van der Waals surface area contributed by atoms with Crippen LogP contribution in [0.25, 0.3) is 0 Å². The van der Waals surface area contributed by atoms with Gasteiger partial charge < -0.3 is 4.74 Å². The Morgan fingerprint density at radius 1 is 1.17 bits per heavy atom. The zero-order chi connectivity index (χ0) is 21.2. The van der Waals surface area contributed by atoms with Crippen LogP contribution >= 0.6 is 46.5 Å². The Morgan fingerprint density at radius 2 is 1.90 bits per heavy atom. The number of hydrogen-bond acceptors (Lipinski definition) is 8. The third-order valence-electron chi connectivity index (χ3n) is 3.64. The summed E-state index contributed by atoms with van der Waals surface area (Å²) in [6.07, 6.45) is 1.57. The van der Waals surface area contributed by atoms with Crippen molar-refractivity contribution in [2.75, 3.05) is 12.4 Å². The summed E-state index contributed by atoms with van der Waals surface area (Å²) in [4.78, 5) is 12.0. The van der Waals surface area contributed by atoms with Gasteiger partial charge in [-0.1, -0.05) is 76.8 Å². The first-order valence-corrected chi connectivity index (χ1v) is 12.2. The second kappa shape index (κ2) is 11.9. The Labute approximate surface area is 192 Å². The summed E-state index contributed by atoms with van der Waals surface area (Å²) in [6, 6.07) is 15.2. The number of carbonyl (C=O) groups is 1. The lowest BCUT2D eigenvalue weighted by Gasteiger charge is -2.05. The van der Waals surface area contributed by atoms with Crippen molar-refractivity contribution in [2.24, 2.45) is 5.10 Å². The molecule has 0 unspecified atom stereocenters. The standard InChI is InChI=1S/C20H19ClN4O2S3/c1-2-27-17-10-6-4-7-14(17)11-22-23-18(26)13-29-20-25-24-19(30-20)28-12-15-8-3-5-9-16(15)21/h3-11H,2,12-13H2,1H3,(H,23,26). The first-order chi connectivity index (χ1) is 14.7. The van der Waals surface area contributed by atoms with Crippen molar-refractivity contribution in [1.82, 2.24) is 15.6 Å². The maximum Gasteiger partial charge on any atom is 0.250 e. The van der Waals surface area contributed by atoms with Gasteiger partial charge in [0.2, 0.25) is 0 Å². The Hall–Kier alpha value is -2.07. The molecule has 2 aromatic carbocycles. The maximum atomic E-state index is 12.0. The van der Waals surface area contributed by atoms with Gasteiger partial charge in [0.05, 0.1) is 18.6 Å². The van der Waals surface area contributed by atoms with Crippen LogP contribution < -0.4 is 10.2 Å². The summed E-state index contributed by atoms with van der Waals surface area (Å²) in [5.74, 6) is 1.43.